The van der Waals surface area contributed by atoms with Gasteiger partial charge in [-0.1, -0.05) is 30.3 Å². The molecule has 1 aliphatic carbocycles. The van der Waals surface area contributed by atoms with Gasteiger partial charge >= 0.3 is 0 Å². The highest BCUT2D eigenvalue weighted by atomic mass is 16.5. The molecule has 0 heterocycles. The van der Waals surface area contributed by atoms with E-state index in [1.165, 1.54) is 19.3 Å². The summed E-state index contributed by atoms with van der Waals surface area (Å²) in [5.41, 5.74) is 1.62. The van der Waals surface area contributed by atoms with Crippen LogP contribution in [-0.4, -0.2) is 18.7 Å². The summed E-state index contributed by atoms with van der Waals surface area (Å²) in [6.45, 7) is 0.376. The summed E-state index contributed by atoms with van der Waals surface area (Å²) in [6, 6.07) is 12.9. The van der Waals surface area contributed by atoms with E-state index in [0.717, 1.165) is 5.56 Å². The Morgan fingerprint density at radius 1 is 0.955 bits per heavy atom. The summed E-state index contributed by atoms with van der Waals surface area (Å²) in [5.74, 6) is 0.387. The molecule has 1 aliphatic rings. The zero-order chi connectivity index (χ0) is 15.5. The molecule has 2 aromatic rings. The lowest BCUT2D eigenvalue weighted by atomic mass is 9.93. The first-order valence-corrected chi connectivity index (χ1v) is 6.84. The first-order valence-electron chi connectivity index (χ1n) is 6.84. The Bertz CT molecular complexity index is 760. The molecule has 0 spiro atoms. The Morgan fingerprint density at radius 2 is 1.68 bits per heavy atom. The second kappa shape index (κ2) is 5.85. The van der Waals surface area contributed by atoms with Gasteiger partial charge in [0.1, 0.15) is 18.1 Å². The lowest BCUT2D eigenvalue weighted by molar-refractivity contribution is 0.0991. The predicted molar refractivity (Wildman–Crippen MR) is 81.6 cm³/mol. The van der Waals surface area contributed by atoms with Crippen LogP contribution >= 0.6 is 0 Å². The van der Waals surface area contributed by atoms with Gasteiger partial charge in [-0.15, -0.1) is 0 Å². The van der Waals surface area contributed by atoms with E-state index in [0.29, 0.717) is 29.2 Å². The highest BCUT2D eigenvalue weighted by Gasteiger charge is 2.24. The third kappa shape index (κ3) is 2.63. The predicted octanol–water partition coefficient (Wildman–Crippen LogP) is 3.21. The average molecular weight is 294 g/mol. The Labute approximate surface area is 128 Å². The van der Waals surface area contributed by atoms with Crippen LogP contribution in [-0.2, 0) is 6.61 Å². The topological polar surface area (TPSA) is 52.6 Å². The van der Waals surface area contributed by atoms with Crippen LogP contribution in [0.5, 0.6) is 11.5 Å². The molecule has 0 aromatic heterocycles. The lowest BCUT2D eigenvalue weighted by Crippen LogP contribution is -2.13. The second-order valence-electron chi connectivity index (χ2n) is 4.88. The SMILES string of the molecule is COc1cc(OCc2ccccc2)cc2c1C(=O)C=CC2=O. The minimum Gasteiger partial charge on any atom is -0.496 e. The maximum atomic E-state index is 12.0. The van der Waals surface area contributed by atoms with Gasteiger partial charge in [0.15, 0.2) is 11.6 Å². The van der Waals surface area contributed by atoms with Crippen LogP contribution in [0.1, 0.15) is 26.3 Å². The fourth-order valence-corrected chi connectivity index (χ4v) is 2.35. The number of methoxy groups -OCH3 is 1. The van der Waals surface area contributed by atoms with Gasteiger partial charge in [0, 0.05) is 11.6 Å². The Balaban J connectivity index is 1.92. The van der Waals surface area contributed by atoms with Gasteiger partial charge in [-0.05, 0) is 23.8 Å². The fraction of sp³-hybridized carbons (Fsp3) is 0.111. The number of carbonyl (C=O) groups excluding carboxylic acids is 2. The first-order chi connectivity index (χ1) is 10.7. The summed E-state index contributed by atoms with van der Waals surface area (Å²) in [7, 11) is 1.46. The highest BCUT2D eigenvalue weighted by Crippen LogP contribution is 2.32. The minimum atomic E-state index is -0.235. The van der Waals surface area contributed by atoms with Crippen molar-refractivity contribution in [3.8, 4) is 11.5 Å². The Hall–Kier alpha value is -2.88. The molecule has 0 aliphatic heterocycles. The van der Waals surface area contributed by atoms with Gasteiger partial charge in [-0.25, -0.2) is 0 Å². The molecule has 22 heavy (non-hydrogen) atoms. The van der Waals surface area contributed by atoms with Crippen molar-refractivity contribution < 1.29 is 19.1 Å². The number of allylic oxidation sites excluding steroid dienone is 2. The standard InChI is InChI=1S/C18H14O4/c1-21-17-10-13(22-11-12-5-3-2-4-6-12)9-14-15(19)7-8-16(20)18(14)17/h2-10H,11H2,1H3. The maximum absolute atomic E-state index is 12.0. The van der Waals surface area contributed by atoms with E-state index < -0.39 is 0 Å². The van der Waals surface area contributed by atoms with Gasteiger partial charge in [-0.3, -0.25) is 9.59 Å². The van der Waals surface area contributed by atoms with Gasteiger partial charge in [0.2, 0.25) is 0 Å². The molecular formula is C18H14O4. The van der Waals surface area contributed by atoms with Crippen LogP contribution in [0.2, 0.25) is 0 Å². The second-order valence-corrected chi connectivity index (χ2v) is 4.88. The van der Waals surface area contributed by atoms with E-state index in [1.807, 2.05) is 30.3 Å². The molecule has 0 saturated carbocycles. The number of hydrogen-bond donors (Lipinski definition) is 0. The fourth-order valence-electron chi connectivity index (χ4n) is 2.35. The molecule has 4 heteroatoms. The largest absolute Gasteiger partial charge is 0.496 e. The lowest BCUT2D eigenvalue weighted by Gasteiger charge is -2.16. The number of fused-ring (bicyclic) bond motifs is 1. The quantitative estimate of drug-likeness (QED) is 0.869. The van der Waals surface area contributed by atoms with E-state index in [4.69, 9.17) is 9.47 Å². The molecule has 0 bridgehead atoms. The van der Waals surface area contributed by atoms with Crippen molar-refractivity contribution in [3.05, 3.63) is 71.3 Å². The Kier molecular flexibility index (Phi) is 3.74. The zero-order valence-electron chi connectivity index (χ0n) is 12.0. The molecular weight excluding hydrogens is 280 g/mol. The molecule has 0 unspecified atom stereocenters. The summed E-state index contributed by atoms with van der Waals surface area (Å²) in [4.78, 5) is 23.9. The van der Waals surface area contributed by atoms with E-state index in [2.05, 4.69) is 0 Å². The van der Waals surface area contributed by atoms with Crippen molar-refractivity contribution in [2.24, 2.45) is 0 Å². The molecule has 4 nitrogen and oxygen atoms in total. The third-order valence-electron chi connectivity index (χ3n) is 3.44. The first kappa shape index (κ1) is 14.1. The van der Waals surface area contributed by atoms with Crippen LogP contribution in [0, 0.1) is 0 Å². The van der Waals surface area contributed by atoms with Crippen LogP contribution < -0.4 is 9.47 Å². The van der Waals surface area contributed by atoms with Crippen LogP contribution in [0.25, 0.3) is 0 Å². The van der Waals surface area contributed by atoms with Gasteiger partial charge in [0.25, 0.3) is 0 Å². The molecule has 2 aromatic carbocycles. The summed E-state index contributed by atoms with van der Waals surface area (Å²) in [5, 5.41) is 0. The monoisotopic (exact) mass is 294 g/mol. The maximum Gasteiger partial charge on any atom is 0.190 e. The molecule has 3 rings (SSSR count). The molecule has 0 fully saturated rings. The van der Waals surface area contributed by atoms with Crippen LogP contribution in [0.4, 0.5) is 0 Å². The minimum absolute atomic E-state index is 0.224. The average Bonchev–Trinajstić information content (AvgIpc) is 2.56. The van der Waals surface area contributed by atoms with Crippen LogP contribution in [0.15, 0.2) is 54.6 Å². The van der Waals surface area contributed by atoms with Crippen molar-refractivity contribution in [1.29, 1.82) is 0 Å². The molecule has 0 atom stereocenters. The van der Waals surface area contributed by atoms with Crippen molar-refractivity contribution in [1.82, 2.24) is 0 Å². The van der Waals surface area contributed by atoms with E-state index in [1.54, 1.807) is 12.1 Å². The number of hydrogen-bond acceptors (Lipinski definition) is 4. The van der Waals surface area contributed by atoms with Crippen molar-refractivity contribution >= 4 is 11.6 Å². The smallest absolute Gasteiger partial charge is 0.190 e. The van der Waals surface area contributed by atoms with Crippen LogP contribution in [0.3, 0.4) is 0 Å². The summed E-state index contributed by atoms with van der Waals surface area (Å²) >= 11 is 0. The Morgan fingerprint density at radius 3 is 2.41 bits per heavy atom. The van der Waals surface area contributed by atoms with Crippen molar-refractivity contribution in [3.63, 3.8) is 0 Å². The molecule has 0 saturated heterocycles. The number of carbonyl (C=O) groups is 2. The van der Waals surface area contributed by atoms with E-state index in [-0.39, 0.29) is 11.6 Å². The van der Waals surface area contributed by atoms with Gasteiger partial charge < -0.3 is 9.47 Å². The highest BCUT2D eigenvalue weighted by molar-refractivity contribution is 6.23. The number of benzene rings is 2. The molecule has 0 radical (unpaired) electrons. The van der Waals surface area contributed by atoms with E-state index >= 15 is 0 Å². The summed E-state index contributed by atoms with van der Waals surface area (Å²) < 4.78 is 11.0. The van der Waals surface area contributed by atoms with Crippen molar-refractivity contribution in [2.45, 2.75) is 6.61 Å². The normalized spacial score (nSPS) is 13.0. The number of ketones is 2. The zero-order valence-corrected chi connectivity index (χ0v) is 12.0. The molecule has 0 N–H and O–H groups in total. The van der Waals surface area contributed by atoms with Gasteiger partial charge in [0.05, 0.1) is 12.7 Å². The number of ether oxygens (including phenoxy) is 2. The molecule has 110 valence electrons. The third-order valence-corrected chi connectivity index (χ3v) is 3.44. The van der Waals surface area contributed by atoms with E-state index in [9.17, 15) is 9.59 Å². The van der Waals surface area contributed by atoms with Gasteiger partial charge in [-0.2, -0.15) is 0 Å². The summed E-state index contributed by atoms with van der Waals surface area (Å²) in [6.07, 6.45) is 2.53. The number of rotatable bonds is 4. The van der Waals surface area contributed by atoms with Crippen molar-refractivity contribution in [2.75, 3.05) is 7.11 Å². The molecule has 0 amide bonds.